The molecule has 0 saturated heterocycles. The Morgan fingerprint density at radius 1 is 1.21 bits per heavy atom. The molecule has 1 aromatic heterocycles. The quantitative estimate of drug-likeness (QED) is 0.387. The third-order valence-corrected chi connectivity index (χ3v) is 10.1. The van der Waals surface area contributed by atoms with Gasteiger partial charge in [0.1, 0.15) is 12.2 Å². The summed E-state index contributed by atoms with van der Waals surface area (Å²) in [5.74, 6) is -8.65. The van der Waals surface area contributed by atoms with Gasteiger partial charge in [0.15, 0.2) is 18.1 Å². The molecule has 9 atom stereocenters. The second-order valence-electron chi connectivity index (χ2n) is 12.0. The molecule has 0 aromatic carbocycles. The van der Waals surface area contributed by atoms with E-state index in [0.717, 1.165) is 18.2 Å². The Labute approximate surface area is 237 Å². The van der Waals surface area contributed by atoms with Gasteiger partial charge < -0.3 is 19.0 Å². The average Bonchev–Trinajstić information content (AvgIpc) is 3.49. The number of carbonyl (C=O) groups is 3. The summed E-state index contributed by atoms with van der Waals surface area (Å²) in [4.78, 5) is 39.0. The Kier molecular flexibility index (Phi) is 6.77. The largest absolute Gasteiger partial charge is 0.449 e. The van der Waals surface area contributed by atoms with E-state index in [4.69, 9.17) is 14.7 Å². The molecule has 8 nitrogen and oxygen atoms in total. The van der Waals surface area contributed by atoms with Crippen LogP contribution >= 0.6 is 0 Å². The Morgan fingerprint density at radius 3 is 2.52 bits per heavy atom. The zero-order chi connectivity index (χ0) is 31.0. The van der Waals surface area contributed by atoms with Gasteiger partial charge in [0.2, 0.25) is 17.1 Å². The number of ketones is 1. The van der Waals surface area contributed by atoms with Crippen LogP contribution in [0.5, 0.6) is 0 Å². The number of rotatable bonds is 4. The number of carbonyl (C=O) groups excluding carboxylic acids is 3. The van der Waals surface area contributed by atoms with Gasteiger partial charge in [-0.25, -0.2) is 18.4 Å². The van der Waals surface area contributed by atoms with E-state index in [2.05, 4.69) is 4.42 Å². The van der Waals surface area contributed by atoms with Gasteiger partial charge in [0.25, 0.3) is 0 Å². The number of aliphatic hydroxyl groups excluding tert-OH is 1. The van der Waals surface area contributed by atoms with Gasteiger partial charge in [0.05, 0.1) is 6.10 Å². The number of alkyl halides is 5. The number of hydrogen-bond acceptors (Lipinski definition) is 8. The fraction of sp³-hybridized carbons (Fsp3) is 0.586. The number of esters is 2. The second kappa shape index (κ2) is 9.49. The first-order valence-electron chi connectivity index (χ1n) is 13.4. The first-order chi connectivity index (χ1) is 19.5. The zero-order valence-corrected chi connectivity index (χ0v) is 22.8. The number of hydrogen-bond donors (Lipinski definition) is 1. The molecule has 0 aliphatic heterocycles. The third-order valence-electron chi connectivity index (χ3n) is 10.1. The lowest BCUT2D eigenvalue weighted by atomic mass is 9.44. The topological polar surface area (TPSA) is 127 Å². The zero-order valence-electron chi connectivity index (χ0n) is 22.8. The van der Waals surface area contributed by atoms with Crippen molar-refractivity contribution in [2.45, 2.75) is 69.8 Å². The molecule has 1 unspecified atom stereocenters. The van der Waals surface area contributed by atoms with Crippen LogP contribution in [0.3, 0.4) is 0 Å². The Balaban J connectivity index is 1.61. The van der Waals surface area contributed by atoms with E-state index in [1.54, 1.807) is 6.07 Å². The molecule has 0 radical (unpaired) electrons. The number of fused-ring (bicyclic) bond motifs is 5. The molecule has 1 aromatic rings. The van der Waals surface area contributed by atoms with Gasteiger partial charge in [-0.2, -0.15) is 18.4 Å². The lowest BCUT2D eigenvalue weighted by Gasteiger charge is -2.63. The molecule has 4 aliphatic carbocycles. The number of nitriles is 1. The number of aliphatic hydroxyl groups is 1. The van der Waals surface area contributed by atoms with E-state index in [9.17, 15) is 32.7 Å². The molecule has 4 aliphatic rings. The highest BCUT2D eigenvalue weighted by Crippen LogP contribution is 2.71. The van der Waals surface area contributed by atoms with Gasteiger partial charge >= 0.3 is 18.1 Å². The smallest absolute Gasteiger partial charge is 0.447 e. The molecule has 5 rings (SSSR count). The molecule has 1 heterocycles. The van der Waals surface area contributed by atoms with Crippen LogP contribution in [0.25, 0.3) is 0 Å². The van der Waals surface area contributed by atoms with Crippen LogP contribution < -0.4 is 0 Å². The van der Waals surface area contributed by atoms with Crippen LogP contribution in [0, 0.1) is 39.9 Å². The Morgan fingerprint density at radius 2 is 1.90 bits per heavy atom. The molecule has 0 spiro atoms. The van der Waals surface area contributed by atoms with Crippen LogP contribution in [-0.4, -0.2) is 53.0 Å². The minimum atomic E-state index is -4.91. The lowest BCUT2D eigenvalue weighted by molar-refractivity contribution is -0.231. The standard InChI is InChI=1S/C29H28F5NO7/c1-14-10-16-17-12-19(30)18-11-15(36)6-7-25(18,2)27(17,31)21(37)13-26(16,3)28(14,24(39)40-9-8-35)42-23(38)20-4-5-22(41-20)29(32,33)34/h4-7,11,14,16-17,19,21,37H,9-10,12-13H2,1-3H3/t14-,16+,17+,19+,21+,25+,26+,27?,28+/m1/s1. The van der Waals surface area contributed by atoms with Gasteiger partial charge in [-0.15, -0.1) is 0 Å². The van der Waals surface area contributed by atoms with Crippen molar-refractivity contribution >= 4 is 17.7 Å². The molecule has 0 bridgehead atoms. The summed E-state index contributed by atoms with van der Waals surface area (Å²) in [7, 11) is 0. The fourth-order valence-electron chi connectivity index (χ4n) is 8.22. The molecule has 1 N–H and O–H groups in total. The van der Waals surface area contributed by atoms with Crippen LogP contribution in [0.1, 0.15) is 56.3 Å². The number of allylic oxidation sites excluding steroid dienone is 4. The lowest BCUT2D eigenvalue weighted by Crippen LogP contribution is -2.71. The highest BCUT2D eigenvalue weighted by molar-refractivity contribution is 6.01. The van der Waals surface area contributed by atoms with Crippen molar-refractivity contribution in [3.63, 3.8) is 0 Å². The highest BCUT2D eigenvalue weighted by atomic mass is 19.4. The Bertz CT molecular complexity index is 1440. The summed E-state index contributed by atoms with van der Waals surface area (Å²) >= 11 is 0. The number of furan rings is 1. The minimum absolute atomic E-state index is 0.0229. The van der Waals surface area contributed by atoms with Crippen LogP contribution in [0.15, 0.2) is 40.4 Å². The van der Waals surface area contributed by atoms with E-state index in [-0.39, 0.29) is 12.0 Å². The maximum absolute atomic E-state index is 17.5. The summed E-state index contributed by atoms with van der Waals surface area (Å²) in [6.07, 6.45) is -6.13. The first-order valence-corrected chi connectivity index (χ1v) is 13.4. The maximum Gasteiger partial charge on any atom is 0.449 e. The summed E-state index contributed by atoms with van der Waals surface area (Å²) in [6.45, 7) is 3.58. The van der Waals surface area contributed by atoms with Crippen molar-refractivity contribution < 1.29 is 55.3 Å². The van der Waals surface area contributed by atoms with Crippen LogP contribution in [-0.2, 0) is 25.2 Å². The SMILES string of the molecule is C[C@@H]1C[C@H]2[C@@H]3C[C@H](F)C4=CC(=O)C=C[C@]4(C)C3(F)[C@@H](O)C[C@]2(C)[C@@]1(OC(=O)c1ccc(C(F)(F)F)o1)C(=O)OCC#N. The highest BCUT2D eigenvalue weighted by Gasteiger charge is 2.79. The monoisotopic (exact) mass is 597 g/mol. The minimum Gasteiger partial charge on any atom is -0.447 e. The predicted octanol–water partition coefficient (Wildman–Crippen LogP) is 4.83. The van der Waals surface area contributed by atoms with Crippen molar-refractivity contribution in [2.75, 3.05) is 6.61 Å². The van der Waals surface area contributed by atoms with E-state index >= 15 is 8.78 Å². The van der Waals surface area contributed by atoms with E-state index in [1.165, 1.54) is 26.8 Å². The molecule has 3 saturated carbocycles. The normalized spacial score (nSPS) is 40.7. The number of nitrogens with zero attached hydrogens (tertiary/aromatic N) is 1. The van der Waals surface area contributed by atoms with Crippen molar-refractivity contribution in [2.24, 2.45) is 28.6 Å². The molecular formula is C29H28F5NO7. The van der Waals surface area contributed by atoms with E-state index < -0.39 is 107 Å². The molecule has 226 valence electrons. The van der Waals surface area contributed by atoms with Gasteiger partial charge in [-0.05, 0) is 62.0 Å². The van der Waals surface area contributed by atoms with Crippen molar-refractivity contribution in [1.82, 2.24) is 0 Å². The molecule has 13 heteroatoms. The van der Waals surface area contributed by atoms with Gasteiger partial charge in [-0.1, -0.05) is 19.9 Å². The molecule has 0 amide bonds. The second-order valence-corrected chi connectivity index (χ2v) is 12.0. The molecule has 3 fully saturated rings. The van der Waals surface area contributed by atoms with Crippen molar-refractivity contribution in [3.05, 3.63) is 47.5 Å². The van der Waals surface area contributed by atoms with Crippen LogP contribution in [0.4, 0.5) is 22.0 Å². The summed E-state index contributed by atoms with van der Waals surface area (Å²) in [6, 6.07) is 2.86. The van der Waals surface area contributed by atoms with E-state index in [1.807, 2.05) is 0 Å². The number of ether oxygens (including phenoxy) is 2. The fourth-order valence-corrected chi connectivity index (χ4v) is 8.22. The third kappa shape index (κ3) is 3.83. The summed E-state index contributed by atoms with van der Waals surface area (Å²) in [5, 5.41) is 20.6. The van der Waals surface area contributed by atoms with Gasteiger partial charge in [0, 0.05) is 22.7 Å². The van der Waals surface area contributed by atoms with Crippen molar-refractivity contribution in [3.8, 4) is 6.07 Å². The summed E-state index contributed by atoms with van der Waals surface area (Å²) in [5.41, 5.74) is -8.26. The molecule has 42 heavy (non-hydrogen) atoms. The average molecular weight is 598 g/mol. The first kappa shape index (κ1) is 29.9. The predicted molar refractivity (Wildman–Crippen MR) is 132 cm³/mol. The van der Waals surface area contributed by atoms with E-state index in [0.29, 0.717) is 6.07 Å². The number of halogens is 5. The van der Waals surface area contributed by atoms with Gasteiger partial charge in [-0.3, -0.25) is 4.79 Å². The molecular weight excluding hydrogens is 569 g/mol. The Hall–Kier alpha value is -3.53. The summed E-state index contributed by atoms with van der Waals surface area (Å²) < 4.78 is 88.0. The van der Waals surface area contributed by atoms with Crippen molar-refractivity contribution in [1.29, 1.82) is 5.26 Å². The maximum atomic E-state index is 17.5. The van der Waals surface area contributed by atoms with Crippen LogP contribution in [0.2, 0.25) is 0 Å².